The average molecular weight is 351 g/mol. The van der Waals surface area contributed by atoms with E-state index in [0.29, 0.717) is 18.0 Å². The van der Waals surface area contributed by atoms with E-state index in [2.05, 4.69) is 10.6 Å². The third-order valence-corrected chi connectivity index (χ3v) is 3.88. The summed E-state index contributed by atoms with van der Waals surface area (Å²) in [5.41, 5.74) is 3.64. The van der Waals surface area contributed by atoms with E-state index in [9.17, 15) is 9.59 Å². The molecule has 2 N–H and O–H groups in total. The molecule has 2 aromatic rings. The Labute approximate surface area is 152 Å². The Balaban J connectivity index is 1.79. The zero-order chi connectivity index (χ0) is 18.9. The van der Waals surface area contributed by atoms with Gasteiger partial charge in [-0.15, -0.1) is 0 Å². The molecule has 2 aromatic carbocycles. The number of nitrogens with one attached hydrogen (secondary N) is 2. The van der Waals surface area contributed by atoms with Gasteiger partial charge in [-0.2, -0.15) is 5.26 Å². The highest BCUT2D eigenvalue weighted by atomic mass is 16.5. The summed E-state index contributed by atoms with van der Waals surface area (Å²) in [6.45, 7) is 4.27. The molecule has 2 rings (SSSR count). The molecular weight excluding hydrogens is 330 g/mol. The molecule has 0 aliphatic carbocycles. The highest BCUT2D eigenvalue weighted by molar-refractivity contribution is 5.92. The maximum absolute atomic E-state index is 11.9. The second-order valence-electron chi connectivity index (χ2n) is 5.84. The summed E-state index contributed by atoms with van der Waals surface area (Å²) in [5.74, 6) is 0.145. The van der Waals surface area contributed by atoms with Crippen LogP contribution in [0.2, 0.25) is 0 Å². The predicted molar refractivity (Wildman–Crippen MR) is 98.6 cm³/mol. The SMILES string of the molecule is Cc1cccc(OCC(=O)NCc2ccc(NC(=O)CC#N)cc2)c1C. The van der Waals surface area contributed by atoms with Crippen molar-refractivity contribution in [2.75, 3.05) is 11.9 Å². The molecule has 0 bridgehead atoms. The van der Waals surface area contributed by atoms with Gasteiger partial charge in [0.05, 0.1) is 6.07 Å². The Morgan fingerprint density at radius 1 is 1.08 bits per heavy atom. The molecule has 0 aromatic heterocycles. The first kappa shape index (κ1) is 19.0. The van der Waals surface area contributed by atoms with Crippen LogP contribution in [0.15, 0.2) is 42.5 Å². The summed E-state index contributed by atoms with van der Waals surface area (Å²) in [5, 5.41) is 13.9. The number of carbonyl (C=O) groups excluding carboxylic acids is 2. The van der Waals surface area contributed by atoms with Gasteiger partial charge in [-0.1, -0.05) is 24.3 Å². The Morgan fingerprint density at radius 3 is 2.50 bits per heavy atom. The zero-order valence-corrected chi connectivity index (χ0v) is 14.8. The molecule has 0 fully saturated rings. The molecule has 2 amide bonds. The van der Waals surface area contributed by atoms with E-state index in [4.69, 9.17) is 10.00 Å². The fourth-order valence-corrected chi connectivity index (χ4v) is 2.26. The summed E-state index contributed by atoms with van der Waals surface area (Å²) >= 11 is 0. The second kappa shape index (κ2) is 9.23. The summed E-state index contributed by atoms with van der Waals surface area (Å²) < 4.78 is 5.57. The van der Waals surface area contributed by atoms with Gasteiger partial charge in [-0.25, -0.2) is 0 Å². The first-order valence-corrected chi connectivity index (χ1v) is 8.21. The van der Waals surface area contributed by atoms with Gasteiger partial charge >= 0.3 is 0 Å². The Morgan fingerprint density at radius 2 is 1.81 bits per heavy atom. The van der Waals surface area contributed by atoms with E-state index in [1.165, 1.54) is 0 Å². The van der Waals surface area contributed by atoms with Gasteiger partial charge in [0.1, 0.15) is 12.2 Å². The molecule has 0 radical (unpaired) electrons. The van der Waals surface area contributed by atoms with E-state index in [-0.39, 0.29) is 24.8 Å². The maximum Gasteiger partial charge on any atom is 0.258 e. The number of anilines is 1. The van der Waals surface area contributed by atoms with Crippen molar-refractivity contribution >= 4 is 17.5 Å². The number of aryl methyl sites for hydroxylation is 1. The van der Waals surface area contributed by atoms with E-state index in [0.717, 1.165) is 16.7 Å². The van der Waals surface area contributed by atoms with Gasteiger partial charge in [-0.3, -0.25) is 9.59 Å². The molecule has 134 valence electrons. The summed E-state index contributed by atoms with van der Waals surface area (Å²) in [6, 6.07) is 14.6. The largest absolute Gasteiger partial charge is 0.483 e. The van der Waals surface area contributed by atoms with E-state index >= 15 is 0 Å². The number of carbonyl (C=O) groups is 2. The van der Waals surface area contributed by atoms with E-state index in [1.807, 2.05) is 32.0 Å². The molecule has 0 saturated carbocycles. The van der Waals surface area contributed by atoms with Gasteiger partial charge in [0.25, 0.3) is 5.91 Å². The van der Waals surface area contributed by atoms with Crippen LogP contribution in [0.1, 0.15) is 23.1 Å². The Hall–Kier alpha value is -3.33. The average Bonchev–Trinajstić information content (AvgIpc) is 2.62. The number of benzene rings is 2. The smallest absolute Gasteiger partial charge is 0.258 e. The fourth-order valence-electron chi connectivity index (χ4n) is 2.26. The van der Waals surface area contributed by atoms with Crippen molar-refractivity contribution in [1.82, 2.24) is 5.32 Å². The predicted octanol–water partition coefficient (Wildman–Crippen LogP) is 2.85. The number of ether oxygens (including phenoxy) is 1. The van der Waals surface area contributed by atoms with Crippen LogP contribution in [0.5, 0.6) is 5.75 Å². The third kappa shape index (κ3) is 5.64. The van der Waals surface area contributed by atoms with Crippen LogP contribution in [0.4, 0.5) is 5.69 Å². The summed E-state index contributed by atoms with van der Waals surface area (Å²) in [6.07, 6.45) is -0.182. The van der Waals surface area contributed by atoms with Crippen molar-refractivity contribution in [3.8, 4) is 11.8 Å². The van der Waals surface area contributed by atoms with Crippen LogP contribution in [-0.4, -0.2) is 18.4 Å². The van der Waals surface area contributed by atoms with Crippen molar-refractivity contribution in [2.24, 2.45) is 0 Å². The number of amides is 2. The maximum atomic E-state index is 11.9. The Kier molecular flexibility index (Phi) is 6.75. The monoisotopic (exact) mass is 351 g/mol. The Bertz CT molecular complexity index is 823. The highest BCUT2D eigenvalue weighted by Crippen LogP contribution is 2.20. The molecule has 26 heavy (non-hydrogen) atoms. The van der Waals surface area contributed by atoms with Crippen molar-refractivity contribution in [2.45, 2.75) is 26.8 Å². The van der Waals surface area contributed by atoms with Crippen LogP contribution < -0.4 is 15.4 Å². The lowest BCUT2D eigenvalue weighted by atomic mass is 10.1. The fraction of sp³-hybridized carbons (Fsp3) is 0.250. The van der Waals surface area contributed by atoms with Gasteiger partial charge in [0, 0.05) is 12.2 Å². The number of nitrogens with zero attached hydrogens (tertiary/aromatic N) is 1. The zero-order valence-electron chi connectivity index (χ0n) is 14.8. The van der Waals surface area contributed by atoms with Crippen LogP contribution >= 0.6 is 0 Å². The number of hydrogen-bond acceptors (Lipinski definition) is 4. The minimum atomic E-state index is -0.350. The third-order valence-electron chi connectivity index (χ3n) is 3.88. The lowest BCUT2D eigenvalue weighted by Crippen LogP contribution is -2.28. The number of nitriles is 1. The standard InChI is InChI=1S/C20H21N3O3/c1-14-4-3-5-18(15(14)2)26-13-20(25)22-12-16-6-8-17(9-7-16)23-19(24)10-11-21/h3-9H,10,12-13H2,1-2H3,(H,22,25)(H,23,24). The van der Waals surface area contributed by atoms with Crippen LogP contribution in [0.25, 0.3) is 0 Å². The molecule has 0 aliphatic heterocycles. The molecule has 0 aliphatic rings. The van der Waals surface area contributed by atoms with Gasteiger partial charge in [0.2, 0.25) is 5.91 Å². The molecule has 0 atom stereocenters. The molecular formula is C20H21N3O3. The van der Waals surface area contributed by atoms with Gasteiger partial charge < -0.3 is 15.4 Å². The van der Waals surface area contributed by atoms with Crippen molar-refractivity contribution < 1.29 is 14.3 Å². The van der Waals surface area contributed by atoms with Crippen molar-refractivity contribution in [3.63, 3.8) is 0 Å². The summed E-state index contributed by atoms with van der Waals surface area (Å²) in [4.78, 5) is 23.3. The quantitative estimate of drug-likeness (QED) is 0.802. The first-order valence-electron chi connectivity index (χ1n) is 8.21. The number of rotatable bonds is 7. The van der Waals surface area contributed by atoms with Crippen LogP contribution in [0, 0.1) is 25.2 Å². The molecule has 6 heteroatoms. The number of hydrogen-bond donors (Lipinski definition) is 2. The second-order valence-corrected chi connectivity index (χ2v) is 5.84. The first-order chi connectivity index (χ1) is 12.5. The summed E-state index contributed by atoms with van der Waals surface area (Å²) in [7, 11) is 0. The molecule has 0 unspecified atom stereocenters. The molecule has 0 saturated heterocycles. The highest BCUT2D eigenvalue weighted by Gasteiger charge is 2.06. The molecule has 0 heterocycles. The lowest BCUT2D eigenvalue weighted by Gasteiger charge is -2.11. The van der Waals surface area contributed by atoms with Gasteiger partial charge in [-0.05, 0) is 48.7 Å². The lowest BCUT2D eigenvalue weighted by molar-refractivity contribution is -0.123. The minimum Gasteiger partial charge on any atom is -0.483 e. The minimum absolute atomic E-state index is 0.0490. The van der Waals surface area contributed by atoms with Crippen LogP contribution in [0.3, 0.4) is 0 Å². The van der Waals surface area contributed by atoms with E-state index in [1.54, 1.807) is 30.3 Å². The van der Waals surface area contributed by atoms with Crippen molar-refractivity contribution in [1.29, 1.82) is 5.26 Å². The van der Waals surface area contributed by atoms with Crippen LogP contribution in [-0.2, 0) is 16.1 Å². The normalized spacial score (nSPS) is 9.88. The van der Waals surface area contributed by atoms with Crippen molar-refractivity contribution in [3.05, 3.63) is 59.2 Å². The molecule has 0 spiro atoms. The van der Waals surface area contributed by atoms with E-state index < -0.39 is 0 Å². The molecule has 6 nitrogen and oxygen atoms in total. The van der Waals surface area contributed by atoms with Gasteiger partial charge in [0.15, 0.2) is 6.61 Å². The topological polar surface area (TPSA) is 91.2 Å².